The van der Waals surface area contributed by atoms with Gasteiger partial charge < -0.3 is 0 Å². The first kappa shape index (κ1) is 3.35. The molecule has 1 radical (unpaired) electrons. The van der Waals surface area contributed by atoms with Crippen molar-refractivity contribution >= 4 is 30.3 Å². The van der Waals surface area contributed by atoms with Crippen molar-refractivity contribution in [3.63, 3.8) is 0 Å². The zero-order chi connectivity index (χ0) is 3.70. The van der Waals surface area contributed by atoms with Crippen molar-refractivity contribution in [2.24, 2.45) is 0 Å². The first-order chi connectivity index (χ1) is 2.39. The Morgan fingerprint density at radius 3 is 2.00 bits per heavy atom. The van der Waals surface area contributed by atoms with Gasteiger partial charge in [0.25, 0.3) is 0 Å². The molecule has 4 heteroatoms. The summed E-state index contributed by atoms with van der Waals surface area (Å²) in [6.07, 6.45) is -0.485. The molecular formula is CBiO3. The first-order valence-electron chi connectivity index (χ1n) is 0.978. The topological polar surface area (TPSA) is 35.5 Å². The van der Waals surface area contributed by atoms with Gasteiger partial charge in [0.1, 0.15) is 0 Å². The van der Waals surface area contributed by atoms with Gasteiger partial charge in [0.15, 0.2) is 0 Å². The van der Waals surface area contributed by atoms with Gasteiger partial charge >= 0.3 is 40.7 Å². The molecule has 0 aromatic carbocycles. The van der Waals surface area contributed by atoms with E-state index in [1.54, 1.807) is 0 Å². The Balaban J connectivity index is 2.32. The molecule has 0 amide bonds. The van der Waals surface area contributed by atoms with Crippen LogP contribution in [0.1, 0.15) is 0 Å². The van der Waals surface area contributed by atoms with Crippen molar-refractivity contribution in [1.82, 2.24) is 0 Å². The average Bonchev–Trinajstić information content (AvgIpc) is 1.30. The molecule has 0 atom stereocenters. The van der Waals surface area contributed by atoms with E-state index in [4.69, 9.17) is 0 Å². The van der Waals surface area contributed by atoms with E-state index in [0.717, 1.165) is 0 Å². The molecule has 1 saturated heterocycles. The molecule has 5 heavy (non-hydrogen) atoms. The molecule has 1 rings (SSSR count). The van der Waals surface area contributed by atoms with Gasteiger partial charge in [-0.05, 0) is 0 Å². The summed E-state index contributed by atoms with van der Waals surface area (Å²) < 4.78 is 8.50. The second-order valence-corrected chi connectivity index (χ2v) is 2.51. The number of carbonyl (C=O) groups is 1. The Labute approximate surface area is 41.1 Å². The predicted octanol–water partition coefficient (Wildman–Crippen LogP) is -0.313. The summed E-state index contributed by atoms with van der Waals surface area (Å²) in [6.45, 7) is 0. The van der Waals surface area contributed by atoms with Gasteiger partial charge in [-0.1, -0.05) is 0 Å². The SMILES string of the molecule is O=C1[O][Bi][O]1. The third-order valence-electron chi connectivity index (χ3n) is 0.224. The molecule has 0 spiro atoms. The monoisotopic (exact) mass is 269 g/mol. The van der Waals surface area contributed by atoms with Crippen molar-refractivity contribution in [3.05, 3.63) is 0 Å². The average molecular weight is 269 g/mol. The predicted molar refractivity (Wildman–Crippen MR) is 13.3 cm³/mol. The molecule has 0 aliphatic carbocycles. The maximum absolute atomic E-state index is 9.50. The van der Waals surface area contributed by atoms with E-state index in [2.05, 4.69) is 5.63 Å². The molecule has 1 fully saturated rings. The van der Waals surface area contributed by atoms with E-state index >= 15 is 0 Å². The second kappa shape index (κ2) is 1.09. The number of rotatable bonds is 0. The van der Waals surface area contributed by atoms with Gasteiger partial charge in [0.05, 0.1) is 0 Å². The van der Waals surface area contributed by atoms with Crippen molar-refractivity contribution in [1.29, 1.82) is 0 Å². The normalized spacial score (nSPS) is 18.8. The summed E-state index contributed by atoms with van der Waals surface area (Å²) in [7, 11) is 0. The van der Waals surface area contributed by atoms with E-state index in [1.807, 2.05) is 0 Å². The van der Waals surface area contributed by atoms with E-state index in [9.17, 15) is 4.79 Å². The van der Waals surface area contributed by atoms with E-state index in [1.165, 1.54) is 0 Å². The fourth-order valence-corrected chi connectivity index (χ4v) is 0.594. The third-order valence-corrected chi connectivity index (χ3v) is 1.96. The Bertz CT molecular complexity index is 53.9. The molecule has 0 bridgehead atoms. The van der Waals surface area contributed by atoms with Crippen molar-refractivity contribution in [2.45, 2.75) is 0 Å². The van der Waals surface area contributed by atoms with E-state index in [-0.39, 0.29) is 0 Å². The first-order valence-corrected chi connectivity index (χ1v) is 3.82. The molecule has 0 N–H and O–H groups in total. The zero-order valence-corrected chi connectivity index (χ0v) is 5.65. The Morgan fingerprint density at radius 2 is 2.00 bits per heavy atom. The van der Waals surface area contributed by atoms with Gasteiger partial charge in [-0.15, -0.1) is 0 Å². The molecule has 1 aliphatic rings. The van der Waals surface area contributed by atoms with E-state index < -0.39 is 30.3 Å². The molecule has 0 unspecified atom stereocenters. The van der Waals surface area contributed by atoms with Gasteiger partial charge in [0, 0.05) is 0 Å². The van der Waals surface area contributed by atoms with Crippen LogP contribution < -0.4 is 0 Å². The van der Waals surface area contributed by atoms with Crippen molar-refractivity contribution in [3.8, 4) is 0 Å². The van der Waals surface area contributed by atoms with Crippen molar-refractivity contribution < 1.29 is 10.4 Å². The maximum atomic E-state index is 9.50. The standard InChI is InChI=1S/CH2O3.Bi/c2-1(3)4;/h(H2,2,3,4);/q;+2/p-2. The number of hydrogen-bond acceptors (Lipinski definition) is 3. The minimum atomic E-state index is -1.07. The fraction of sp³-hybridized carbons (Fsp3) is 0. The van der Waals surface area contributed by atoms with Crippen LogP contribution in [-0.2, 0) is 5.63 Å². The Morgan fingerprint density at radius 1 is 1.60 bits per heavy atom. The molecular weight excluding hydrogens is 269 g/mol. The summed E-state index contributed by atoms with van der Waals surface area (Å²) in [6, 6.07) is 0. The molecule has 27 valence electrons. The second-order valence-electron chi connectivity index (χ2n) is 0.507. The van der Waals surface area contributed by atoms with Gasteiger partial charge in [-0.2, -0.15) is 0 Å². The van der Waals surface area contributed by atoms with Crippen LogP contribution in [0, 0.1) is 0 Å². The van der Waals surface area contributed by atoms with Crippen LogP contribution in [0.3, 0.4) is 0 Å². The molecule has 0 aromatic heterocycles. The molecule has 0 aromatic rings. The zero-order valence-electron chi connectivity index (χ0n) is 2.17. The fourth-order valence-electron chi connectivity index (χ4n) is 0.0677. The van der Waals surface area contributed by atoms with Crippen LogP contribution in [0.15, 0.2) is 0 Å². The molecule has 1 heterocycles. The molecule has 1 aliphatic heterocycles. The van der Waals surface area contributed by atoms with Crippen LogP contribution in [0.25, 0.3) is 0 Å². The number of hydrogen-bond donors (Lipinski definition) is 0. The van der Waals surface area contributed by atoms with Gasteiger partial charge in [-0.25, -0.2) is 0 Å². The van der Waals surface area contributed by atoms with Crippen LogP contribution in [0.2, 0.25) is 0 Å². The summed E-state index contributed by atoms with van der Waals surface area (Å²) >= 11 is -1.07. The molecule has 3 nitrogen and oxygen atoms in total. The summed E-state index contributed by atoms with van der Waals surface area (Å²) in [5.74, 6) is 0. The number of carbonyl (C=O) groups excluding carboxylic acids is 1. The summed E-state index contributed by atoms with van der Waals surface area (Å²) in [5.41, 5.74) is 0. The van der Waals surface area contributed by atoms with Crippen LogP contribution in [0.4, 0.5) is 4.79 Å². The Kier molecular flexibility index (Phi) is 0.730. The summed E-state index contributed by atoms with van der Waals surface area (Å²) in [5, 5.41) is 0. The van der Waals surface area contributed by atoms with Crippen LogP contribution in [0.5, 0.6) is 0 Å². The Hall–Kier alpha value is 0.153. The van der Waals surface area contributed by atoms with Crippen LogP contribution >= 0.6 is 0 Å². The minimum absolute atomic E-state index is 0.485. The quantitative estimate of drug-likeness (QED) is 0.566. The van der Waals surface area contributed by atoms with Gasteiger partial charge in [-0.3, -0.25) is 0 Å². The van der Waals surface area contributed by atoms with Gasteiger partial charge in [0.2, 0.25) is 0 Å². The molecule has 0 saturated carbocycles. The van der Waals surface area contributed by atoms with E-state index in [0.29, 0.717) is 0 Å². The van der Waals surface area contributed by atoms with Crippen LogP contribution in [-0.4, -0.2) is 30.3 Å². The third kappa shape index (κ3) is 0.509. The van der Waals surface area contributed by atoms with Crippen molar-refractivity contribution in [2.75, 3.05) is 0 Å². The summed E-state index contributed by atoms with van der Waals surface area (Å²) in [4.78, 5) is 9.50.